The summed E-state index contributed by atoms with van der Waals surface area (Å²) in [7, 11) is 0. The molecule has 0 spiro atoms. The summed E-state index contributed by atoms with van der Waals surface area (Å²) in [6.07, 6.45) is -15.0. The van der Waals surface area contributed by atoms with Crippen molar-refractivity contribution in [3.63, 3.8) is 0 Å². The molecule has 14 heteroatoms. The molecule has 10 atom stereocenters. The molecular weight excluding hydrogens is 548 g/mol. The van der Waals surface area contributed by atoms with Crippen LogP contribution in [0.3, 0.4) is 0 Å². The number of benzene rings is 2. The van der Waals surface area contributed by atoms with Crippen LogP contribution in [0.15, 0.2) is 46.9 Å². The summed E-state index contributed by atoms with van der Waals surface area (Å²) in [5.74, 6) is -0.661. The first-order chi connectivity index (χ1) is 19.4. The highest BCUT2D eigenvalue weighted by Gasteiger charge is 2.48. The third-order valence-corrected chi connectivity index (χ3v) is 7.09. The van der Waals surface area contributed by atoms with E-state index in [4.69, 9.17) is 23.4 Å². The Hall–Kier alpha value is -3.31. The number of aliphatic hydroxyl groups is 6. The number of hydrogen-bond acceptors (Lipinski definition) is 13. The molecular formula is C27H31O14+. The maximum Gasteiger partial charge on any atom is 0.402 e. The van der Waals surface area contributed by atoms with Crippen LogP contribution in [-0.2, 0) is 14.2 Å². The molecule has 1 aromatic heterocycles. The number of fused-ring (bicyclic) bond motifs is 1. The number of phenols is 3. The van der Waals surface area contributed by atoms with Crippen LogP contribution in [0.4, 0.5) is 0 Å². The fraction of sp³-hybridized carbons (Fsp3) is 0.444. The van der Waals surface area contributed by atoms with E-state index in [1.807, 2.05) is 0 Å². The summed E-state index contributed by atoms with van der Waals surface area (Å²) in [6, 6.07) is 9.48. The Morgan fingerprint density at radius 2 is 1.39 bits per heavy atom. The minimum absolute atomic E-state index is 0.0261. The third-order valence-electron chi connectivity index (χ3n) is 7.09. The summed E-state index contributed by atoms with van der Waals surface area (Å²) < 4.78 is 28.4. The van der Waals surface area contributed by atoms with E-state index in [0.717, 1.165) is 6.07 Å². The van der Waals surface area contributed by atoms with Gasteiger partial charge in [-0.25, -0.2) is 4.42 Å². The average molecular weight is 580 g/mol. The molecule has 2 aliphatic heterocycles. The lowest BCUT2D eigenvalue weighted by Crippen LogP contribution is -2.61. The average Bonchev–Trinajstić information content (AvgIpc) is 2.94. The van der Waals surface area contributed by atoms with Crippen molar-refractivity contribution in [1.29, 1.82) is 0 Å². The van der Waals surface area contributed by atoms with Gasteiger partial charge in [-0.15, -0.1) is 0 Å². The molecule has 2 fully saturated rings. The maximum absolute atomic E-state index is 10.7. The monoisotopic (exact) mass is 579 g/mol. The zero-order chi connectivity index (χ0) is 29.6. The first kappa shape index (κ1) is 29.2. The molecule has 3 heterocycles. The van der Waals surface area contributed by atoms with Crippen LogP contribution in [0.2, 0.25) is 0 Å². The van der Waals surface area contributed by atoms with E-state index < -0.39 is 68.0 Å². The van der Waals surface area contributed by atoms with Gasteiger partial charge in [0.25, 0.3) is 0 Å². The van der Waals surface area contributed by atoms with Gasteiger partial charge >= 0.3 is 11.3 Å². The molecule has 2 aliphatic rings. The van der Waals surface area contributed by atoms with Crippen molar-refractivity contribution in [3.8, 4) is 34.3 Å². The second-order valence-electron chi connectivity index (χ2n) is 10.0. The smallest absolute Gasteiger partial charge is 0.402 e. The van der Waals surface area contributed by atoms with Crippen LogP contribution in [0.25, 0.3) is 22.3 Å². The summed E-state index contributed by atoms with van der Waals surface area (Å²) in [6.45, 7) is 0.973. The highest BCUT2D eigenvalue weighted by Crippen LogP contribution is 2.40. The highest BCUT2D eigenvalue weighted by atomic mass is 16.7. The Bertz CT molecular complexity index is 1370. The van der Waals surface area contributed by atoms with Crippen molar-refractivity contribution in [2.75, 3.05) is 6.61 Å². The molecule has 41 heavy (non-hydrogen) atoms. The molecule has 14 nitrogen and oxygen atoms in total. The van der Waals surface area contributed by atoms with Gasteiger partial charge in [-0.3, -0.25) is 0 Å². The number of aliphatic hydroxyl groups excluding tert-OH is 6. The lowest BCUT2D eigenvalue weighted by Gasteiger charge is -2.42. The van der Waals surface area contributed by atoms with E-state index >= 15 is 0 Å². The topological polar surface area (TPSA) is 230 Å². The van der Waals surface area contributed by atoms with Crippen LogP contribution in [-0.4, -0.2) is 114 Å². The molecule has 0 bridgehead atoms. The number of hydrogen-bond donors (Lipinski definition) is 9. The second-order valence-corrected chi connectivity index (χ2v) is 10.0. The van der Waals surface area contributed by atoms with Gasteiger partial charge in [0.1, 0.15) is 65.4 Å². The molecule has 9 N–H and O–H groups in total. The van der Waals surface area contributed by atoms with E-state index in [1.165, 1.54) is 43.3 Å². The lowest BCUT2D eigenvalue weighted by atomic mass is 9.98. The Labute approximate surface area is 232 Å². The van der Waals surface area contributed by atoms with Crippen molar-refractivity contribution >= 4 is 11.0 Å². The van der Waals surface area contributed by atoms with Crippen molar-refractivity contribution < 1.29 is 69.3 Å². The number of phenolic OH excluding ortho intramolecular Hbond substituents is 3. The van der Waals surface area contributed by atoms with Gasteiger partial charge in [-0.05, 0) is 31.2 Å². The van der Waals surface area contributed by atoms with Gasteiger partial charge < -0.3 is 64.9 Å². The molecule has 5 rings (SSSR count). The van der Waals surface area contributed by atoms with Crippen LogP contribution < -0.4 is 4.74 Å². The van der Waals surface area contributed by atoms with Crippen molar-refractivity contribution in [2.24, 2.45) is 0 Å². The van der Waals surface area contributed by atoms with Crippen LogP contribution in [0, 0.1) is 0 Å². The Morgan fingerprint density at radius 1 is 0.732 bits per heavy atom. The SMILES string of the molecule is C[C@@H]1O[C@@H](OC[C@H]2O[C@@H](Oc3cc4c(O)cc(O)cc4[o+]c3-c3ccc(O)cc3)[C@H](O)[C@@H](O)[C@@H]2O)[C@H](O)[C@H](O)[C@H]1O. The van der Waals surface area contributed by atoms with E-state index in [1.54, 1.807) is 0 Å². The van der Waals surface area contributed by atoms with Gasteiger partial charge in [0.2, 0.25) is 12.0 Å². The molecule has 2 aromatic carbocycles. The van der Waals surface area contributed by atoms with E-state index in [0.29, 0.717) is 5.56 Å². The van der Waals surface area contributed by atoms with E-state index in [-0.39, 0.29) is 39.7 Å². The lowest BCUT2D eigenvalue weighted by molar-refractivity contribution is -0.318. The van der Waals surface area contributed by atoms with Crippen molar-refractivity contribution in [2.45, 2.75) is 68.3 Å². The molecule has 2 saturated heterocycles. The second kappa shape index (κ2) is 11.5. The maximum atomic E-state index is 10.7. The number of ether oxygens (including phenoxy) is 4. The van der Waals surface area contributed by atoms with Crippen LogP contribution in [0.5, 0.6) is 23.0 Å². The minimum atomic E-state index is -1.77. The van der Waals surface area contributed by atoms with Gasteiger partial charge in [-0.2, -0.15) is 0 Å². The highest BCUT2D eigenvalue weighted by molar-refractivity contribution is 5.88. The van der Waals surface area contributed by atoms with E-state index in [9.17, 15) is 46.0 Å². The number of rotatable bonds is 6. The molecule has 0 aliphatic carbocycles. The van der Waals surface area contributed by atoms with Gasteiger partial charge in [0.15, 0.2) is 6.29 Å². The quantitative estimate of drug-likeness (QED) is 0.168. The zero-order valence-corrected chi connectivity index (χ0v) is 21.6. The first-order valence-electron chi connectivity index (χ1n) is 12.7. The fourth-order valence-electron chi connectivity index (χ4n) is 4.70. The summed E-state index contributed by atoms with van der Waals surface area (Å²) >= 11 is 0. The summed E-state index contributed by atoms with van der Waals surface area (Å²) in [4.78, 5) is 0. The summed E-state index contributed by atoms with van der Waals surface area (Å²) in [5.41, 5.74) is 0.476. The molecule has 3 aromatic rings. The zero-order valence-electron chi connectivity index (χ0n) is 21.6. The molecule has 0 amide bonds. The van der Waals surface area contributed by atoms with Gasteiger partial charge in [0, 0.05) is 12.1 Å². The van der Waals surface area contributed by atoms with Crippen LogP contribution >= 0.6 is 0 Å². The summed E-state index contributed by atoms with van der Waals surface area (Å²) in [5, 5.41) is 92.0. The van der Waals surface area contributed by atoms with Gasteiger partial charge in [-0.1, -0.05) is 0 Å². The Balaban J connectivity index is 1.42. The van der Waals surface area contributed by atoms with Crippen LogP contribution in [0.1, 0.15) is 6.92 Å². The Morgan fingerprint density at radius 3 is 2.10 bits per heavy atom. The normalized spacial score (nSPS) is 34.0. The largest absolute Gasteiger partial charge is 0.508 e. The van der Waals surface area contributed by atoms with E-state index in [2.05, 4.69) is 0 Å². The Kier molecular flexibility index (Phi) is 8.20. The van der Waals surface area contributed by atoms with Crippen molar-refractivity contribution in [1.82, 2.24) is 0 Å². The first-order valence-corrected chi connectivity index (χ1v) is 12.7. The third kappa shape index (κ3) is 5.74. The number of aromatic hydroxyl groups is 3. The molecule has 0 unspecified atom stereocenters. The predicted octanol–water partition coefficient (Wildman–Crippen LogP) is -0.472. The van der Waals surface area contributed by atoms with Gasteiger partial charge in [0.05, 0.1) is 24.3 Å². The molecule has 222 valence electrons. The van der Waals surface area contributed by atoms with Crippen molar-refractivity contribution in [3.05, 3.63) is 42.5 Å². The standard InChI is InChI=1S/C27H30O14/c1-10-19(31)21(33)23(35)26(38-10)37-9-18-20(32)22(34)24(36)27(41-18)40-17-8-14-15(30)6-13(29)7-16(14)39-25(17)11-2-4-12(28)5-3-11/h2-8,10,18-24,26-27,31-36H,9H2,1H3,(H2-,28,29,30)/p+1/t10-,18+,19-,20+,21+,22-,23+,24+,26+,27+/m0/s1. The molecule has 0 radical (unpaired) electrons. The molecule has 0 saturated carbocycles. The minimum Gasteiger partial charge on any atom is -0.508 e. The predicted molar refractivity (Wildman–Crippen MR) is 137 cm³/mol. The fourth-order valence-corrected chi connectivity index (χ4v) is 4.70.